The molecule has 5 nitrogen and oxygen atoms in total. The van der Waals surface area contributed by atoms with Crippen LogP contribution in [0.2, 0.25) is 0 Å². The molecule has 0 bridgehead atoms. The number of aromatic nitrogens is 1. The van der Waals surface area contributed by atoms with E-state index < -0.39 is 0 Å². The number of rotatable bonds is 6. The highest BCUT2D eigenvalue weighted by Gasteiger charge is 2.18. The van der Waals surface area contributed by atoms with Crippen molar-refractivity contribution < 1.29 is 9.21 Å². The number of amides is 1. The van der Waals surface area contributed by atoms with Crippen LogP contribution in [0.5, 0.6) is 0 Å². The number of hydrogen-bond donors (Lipinski definition) is 2. The Balaban J connectivity index is 2.42. The third kappa shape index (κ3) is 4.56. The number of hydrogen-bond acceptors (Lipinski definition) is 4. The van der Waals surface area contributed by atoms with E-state index in [-0.39, 0.29) is 11.8 Å². The van der Waals surface area contributed by atoms with E-state index in [0.29, 0.717) is 24.9 Å². The minimum absolute atomic E-state index is 0.0305. The summed E-state index contributed by atoms with van der Waals surface area (Å²) in [6, 6.07) is 0. The van der Waals surface area contributed by atoms with E-state index in [1.165, 1.54) is 0 Å². The van der Waals surface area contributed by atoms with Crippen LogP contribution in [-0.2, 0) is 11.3 Å². The third-order valence-corrected chi connectivity index (χ3v) is 2.49. The van der Waals surface area contributed by atoms with Crippen molar-refractivity contribution in [3.8, 4) is 0 Å². The minimum atomic E-state index is -0.133. The summed E-state index contributed by atoms with van der Waals surface area (Å²) in [5.74, 6) is 1.56. The molecule has 1 amide bonds. The fourth-order valence-corrected chi connectivity index (χ4v) is 1.67. The molecule has 0 aliphatic carbocycles. The Morgan fingerprint density at radius 3 is 2.76 bits per heavy atom. The van der Waals surface area contributed by atoms with E-state index in [2.05, 4.69) is 24.1 Å². The van der Waals surface area contributed by atoms with Crippen molar-refractivity contribution >= 4 is 5.91 Å². The molecule has 0 aliphatic heterocycles. The lowest BCUT2D eigenvalue weighted by atomic mass is 9.96. The predicted octanol–water partition coefficient (Wildman–Crippen LogP) is 1.22. The van der Waals surface area contributed by atoms with Crippen molar-refractivity contribution in [1.82, 2.24) is 10.3 Å². The van der Waals surface area contributed by atoms with Crippen LogP contribution in [-0.4, -0.2) is 17.4 Å². The fraction of sp³-hybridized carbons (Fsp3) is 0.667. The van der Waals surface area contributed by atoms with Crippen molar-refractivity contribution in [2.24, 2.45) is 17.6 Å². The quantitative estimate of drug-likeness (QED) is 0.782. The zero-order chi connectivity index (χ0) is 12.8. The standard InChI is InChI=1S/C12H21N3O2/c1-8(2)4-10(5-13)12(16)15-7-11-14-6-9(3)17-11/h6,8,10H,4-5,7,13H2,1-3H3,(H,15,16). The van der Waals surface area contributed by atoms with Gasteiger partial charge in [0.25, 0.3) is 0 Å². The van der Waals surface area contributed by atoms with E-state index in [1.54, 1.807) is 6.20 Å². The second kappa shape index (κ2) is 6.39. The lowest BCUT2D eigenvalue weighted by molar-refractivity contribution is -0.125. The van der Waals surface area contributed by atoms with Gasteiger partial charge >= 0.3 is 0 Å². The van der Waals surface area contributed by atoms with Crippen LogP contribution in [0.25, 0.3) is 0 Å². The Labute approximate surface area is 102 Å². The van der Waals surface area contributed by atoms with Crippen molar-refractivity contribution in [1.29, 1.82) is 0 Å². The number of nitrogens with zero attached hydrogens (tertiary/aromatic N) is 1. The Bertz CT molecular complexity index is 360. The largest absolute Gasteiger partial charge is 0.444 e. The summed E-state index contributed by atoms with van der Waals surface area (Å²) < 4.78 is 5.27. The average Bonchev–Trinajstić information content (AvgIpc) is 2.68. The average molecular weight is 239 g/mol. The van der Waals surface area contributed by atoms with E-state index in [0.717, 1.165) is 12.2 Å². The van der Waals surface area contributed by atoms with Crippen molar-refractivity contribution in [2.75, 3.05) is 6.54 Å². The van der Waals surface area contributed by atoms with Crippen LogP contribution in [0.1, 0.15) is 31.9 Å². The van der Waals surface area contributed by atoms with Crippen LogP contribution >= 0.6 is 0 Å². The molecule has 5 heteroatoms. The molecule has 0 aliphatic rings. The van der Waals surface area contributed by atoms with Crippen LogP contribution in [0, 0.1) is 18.8 Å². The van der Waals surface area contributed by atoms with Gasteiger partial charge in [-0.3, -0.25) is 4.79 Å². The summed E-state index contributed by atoms with van der Waals surface area (Å²) in [6.45, 7) is 6.66. The van der Waals surface area contributed by atoms with Gasteiger partial charge in [-0.05, 0) is 19.3 Å². The van der Waals surface area contributed by atoms with Crippen molar-refractivity contribution in [3.05, 3.63) is 17.8 Å². The van der Waals surface area contributed by atoms with Gasteiger partial charge in [0, 0.05) is 6.54 Å². The first-order valence-corrected chi connectivity index (χ1v) is 5.92. The number of aryl methyl sites for hydroxylation is 1. The molecule has 17 heavy (non-hydrogen) atoms. The van der Waals surface area contributed by atoms with Gasteiger partial charge in [0.1, 0.15) is 5.76 Å². The minimum Gasteiger partial charge on any atom is -0.444 e. The lowest BCUT2D eigenvalue weighted by Crippen LogP contribution is -2.35. The monoisotopic (exact) mass is 239 g/mol. The zero-order valence-corrected chi connectivity index (χ0v) is 10.7. The molecule has 1 aromatic rings. The van der Waals surface area contributed by atoms with Crippen LogP contribution in [0.4, 0.5) is 0 Å². The molecule has 1 unspecified atom stereocenters. The molecule has 1 atom stereocenters. The number of oxazole rings is 1. The Hall–Kier alpha value is -1.36. The summed E-state index contributed by atoms with van der Waals surface area (Å²) in [5.41, 5.74) is 5.60. The SMILES string of the molecule is Cc1cnc(CNC(=O)C(CN)CC(C)C)o1. The number of carbonyl (C=O) groups is 1. The first-order chi connectivity index (χ1) is 8.02. The molecular weight excluding hydrogens is 218 g/mol. The molecule has 96 valence electrons. The molecule has 1 rings (SSSR count). The summed E-state index contributed by atoms with van der Waals surface area (Å²) in [5, 5.41) is 2.79. The normalized spacial score (nSPS) is 12.8. The number of carbonyl (C=O) groups excluding carboxylic acids is 1. The summed E-state index contributed by atoms with van der Waals surface area (Å²) in [7, 11) is 0. The van der Waals surface area contributed by atoms with E-state index in [4.69, 9.17) is 10.2 Å². The van der Waals surface area contributed by atoms with Gasteiger partial charge in [-0.15, -0.1) is 0 Å². The maximum atomic E-state index is 11.8. The van der Waals surface area contributed by atoms with Gasteiger partial charge in [-0.25, -0.2) is 4.98 Å². The lowest BCUT2D eigenvalue weighted by Gasteiger charge is -2.16. The number of nitrogens with two attached hydrogens (primary N) is 1. The van der Waals surface area contributed by atoms with Crippen molar-refractivity contribution in [3.63, 3.8) is 0 Å². The maximum Gasteiger partial charge on any atom is 0.224 e. The van der Waals surface area contributed by atoms with Gasteiger partial charge in [0.15, 0.2) is 0 Å². The third-order valence-electron chi connectivity index (χ3n) is 2.49. The maximum absolute atomic E-state index is 11.8. The molecule has 0 saturated heterocycles. The Morgan fingerprint density at radius 1 is 1.59 bits per heavy atom. The molecular formula is C12H21N3O2. The molecule has 1 heterocycles. The molecule has 0 saturated carbocycles. The van der Waals surface area contributed by atoms with E-state index in [9.17, 15) is 4.79 Å². The smallest absolute Gasteiger partial charge is 0.224 e. The predicted molar refractivity (Wildman–Crippen MR) is 65.1 cm³/mol. The Kier molecular flexibility index (Phi) is 5.15. The van der Waals surface area contributed by atoms with E-state index in [1.807, 2.05) is 6.92 Å². The highest BCUT2D eigenvalue weighted by atomic mass is 16.4. The van der Waals surface area contributed by atoms with Gasteiger partial charge < -0.3 is 15.5 Å². The highest BCUT2D eigenvalue weighted by molar-refractivity contribution is 5.78. The van der Waals surface area contributed by atoms with Gasteiger partial charge in [0.2, 0.25) is 11.8 Å². The summed E-state index contributed by atoms with van der Waals surface area (Å²) >= 11 is 0. The summed E-state index contributed by atoms with van der Waals surface area (Å²) in [4.78, 5) is 15.9. The topological polar surface area (TPSA) is 81.2 Å². The van der Waals surface area contributed by atoms with Crippen LogP contribution in [0.15, 0.2) is 10.6 Å². The first kappa shape index (κ1) is 13.7. The zero-order valence-electron chi connectivity index (χ0n) is 10.7. The molecule has 0 aromatic carbocycles. The Morgan fingerprint density at radius 2 is 2.29 bits per heavy atom. The second-order valence-electron chi connectivity index (χ2n) is 4.64. The second-order valence-corrected chi connectivity index (χ2v) is 4.64. The highest BCUT2D eigenvalue weighted by Crippen LogP contribution is 2.11. The van der Waals surface area contributed by atoms with E-state index >= 15 is 0 Å². The first-order valence-electron chi connectivity index (χ1n) is 5.92. The van der Waals surface area contributed by atoms with Crippen LogP contribution < -0.4 is 11.1 Å². The molecule has 0 spiro atoms. The number of nitrogens with one attached hydrogen (secondary N) is 1. The molecule has 0 fully saturated rings. The van der Waals surface area contributed by atoms with Crippen molar-refractivity contribution in [2.45, 2.75) is 33.7 Å². The van der Waals surface area contributed by atoms with Gasteiger partial charge in [0.05, 0.1) is 18.7 Å². The van der Waals surface area contributed by atoms with Gasteiger partial charge in [-0.1, -0.05) is 13.8 Å². The molecule has 3 N–H and O–H groups in total. The summed E-state index contributed by atoms with van der Waals surface area (Å²) in [6.07, 6.45) is 2.43. The van der Waals surface area contributed by atoms with Crippen LogP contribution in [0.3, 0.4) is 0 Å². The fourth-order valence-electron chi connectivity index (χ4n) is 1.67. The van der Waals surface area contributed by atoms with Gasteiger partial charge in [-0.2, -0.15) is 0 Å². The molecule has 0 radical (unpaired) electrons. The molecule has 1 aromatic heterocycles.